The van der Waals surface area contributed by atoms with E-state index in [0.717, 1.165) is 14.2 Å². The van der Waals surface area contributed by atoms with Gasteiger partial charge in [-0.15, -0.1) is 4.44 Å². The Morgan fingerprint density at radius 3 is 1.71 bits per heavy atom. The summed E-state index contributed by atoms with van der Waals surface area (Å²) in [5.74, 6) is 0. The van der Waals surface area contributed by atoms with E-state index in [-0.39, 0.29) is 4.44 Å². The monoisotopic (exact) mass is 249 g/mol. The minimum atomic E-state index is -4.40. The van der Waals surface area contributed by atoms with E-state index in [4.69, 9.17) is 14.9 Å². The molecule has 0 aliphatic rings. The second-order valence-corrected chi connectivity index (χ2v) is 6.14. The van der Waals surface area contributed by atoms with Gasteiger partial charge in [0.1, 0.15) is 0 Å². The van der Waals surface area contributed by atoms with Gasteiger partial charge < -0.3 is 14.9 Å². The molecule has 0 radical (unpaired) electrons. The second kappa shape index (κ2) is 5.34. The molecule has 0 aliphatic heterocycles. The van der Waals surface area contributed by atoms with Crippen LogP contribution in [-0.2, 0) is 18.2 Å². The summed E-state index contributed by atoms with van der Waals surface area (Å²) in [5.41, 5.74) is 0. The summed E-state index contributed by atoms with van der Waals surface area (Å²) >= 11 is 0. The summed E-state index contributed by atoms with van der Waals surface area (Å²) in [6, 6.07) is 0. The first-order valence-corrected chi connectivity index (χ1v) is 6.54. The minimum absolute atomic E-state index is 0.194. The lowest BCUT2D eigenvalue weighted by molar-refractivity contribution is 0.202. The number of hydrogen-bond acceptors (Lipinski definition) is 5. The Hall–Kier alpha value is 0.220. The third-order valence-corrected chi connectivity index (χ3v) is 5.23. The van der Waals surface area contributed by atoms with E-state index in [9.17, 15) is 9.13 Å². The van der Waals surface area contributed by atoms with Crippen molar-refractivity contribution in [3.63, 3.8) is 0 Å². The van der Waals surface area contributed by atoms with E-state index in [1.54, 1.807) is 0 Å². The normalized spacial score (nSPS) is 20.4. The predicted octanol–water partition coefficient (Wildman–Crippen LogP) is -0.226. The van der Waals surface area contributed by atoms with Crippen LogP contribution >= 0.6 is 15.5 Å². The van der Waals surface area contributed by atoms with Crippen LogP contribution in [-0.4, -0.2) is 46.7 Å². The van der Waals surface area contributed by atoms with Crippen molar-refractivity contribution in [3.05, 3.63) is 0 Å². The van der Waals surface area contributed by atoms with Gasteiger partial charge in [-0.25, -0.2) is 9.13 Å². The van der Waals surface area contributed by atoms with Crippen LogP contribution in [0.2, 0.25) is 0 Å². The van der Waals surface area contributed by atoms with Gasteiger partial charge in [0, 0.05) is 20.8 Å². The quantitative estimate of drug-likeness (QED) is 0.553. The van der Waals surface area contributed by atoms with Crippen LogP contribution in [0.25, 0.3) is 0 Å². The van der Waals surface area contributed by atoms with Crippen LogP contribution < -0.4 is 0 Å². The Bertz CT molecular complexity index is 244. The van der Waals surface area contributed by atoms with E-state index < -0.39 is 28.6 Å². The van der Waals surface area contributed by atoms with Gasteiger partial charge in [-0.2, -0.15) is 0 Å². The number of aliphatic hydroxyl groups excluding tert-OH is 1. The first kappa shape index (κ1) is 14.2. The topological polar surface area (TPSA) is 117 Å². The molecule has 86 valence electrons. The van der Waals surface area contributed by atoms with Crippen LogP contribution in [0.4, 0.5) is 0 Å². The zero-order chi connectivity index (χ0) is 11.4. The van der Waals surface area contributed by atoms with E-state index in [1.165, 1.54) is 0 Å². The molecule has 10 heteroatoms. The molecular weight excluding hydrogens is 236 g/mol. The molecule has 0 heterocycles. The molecule has 0 spiro atoms. The van der Waals surface area contributed by atoms with Crippen molar-refractivity contribution in [2.75, 3.05) is 27.4 Å². The molecule has 0 rings (SSSR count). The number of aliphatic hydroxyl groups is 1. The molecule has 0 aromatic carbocycles. The van der Waals surface area contributed by atoms with Gasteiger partial charge in [-0.05, 0) is 0 Å². The largest absolute Gasteiger partial charge is 0.414 e. The lowest BCUT2D eigenvalue weighted by atomic mass is 10.8. The number of hydrogen-bond donors (Lipinski definition) is 3. The third kappa shape index (κ3) is 3.42. The summed E-state index contributed by atoms with van der Waals surface area (Å²) < 4.78 is 30.9. The van der Waals surface area contributed by atoms with Crippen molar-refractivity contribution in [1.82, 2.24) is 4.44 Å². The zero-order valence-electron chi connectivity index (χ0n) is 7.73. The van der Waals surface area contributed by atoms with Crippen molar-refractivity contribution >= 4 is 15.5 Å². The first-order chi connectivity index (χ1) is 6.31. The number of rotatable bonds is 6. The Kier molecular flexibility index (Phi) is 5.43. The second-order valence-electron chi connectivity index (χ2n) is 2.17. The van der Waals surface area contributed by atoms with Crippen LogP contribution in [0.1, 0.15) is 0 Å². The highest BCUT2D eigenvalue weighted by Gasteiger charge is 2.42. The van der Waals surface area contributed by atoms with Gasteiger partial charge in [0.2, 0.25) is 0 Å². The first-order valence-electron chi connectivity index (χ1n) is 3.48. The van der Waals surface area contributed by atoms with Crippen molar-refractivity contribution in [2.24, 2.45) is 0 Å². The highest BCUT2D eigenvalue weighted by molar-refractivity contribution is 7.66. The van der Waals surface area contributed by atoms with E-state index in [0.29, 0.717) is 0 Å². The predicted molar refractivity (Wildman–Crippen MR) is 47.5 cm³/mol. The molecule has 0 saturated heterocycles. The molecule has 8 nitrogen and oxygen atoms in total. The molecule has 14 heavy (non-hydrogen) atoms. The summed E-state index contributed by atoms with van der Waals surface area (Å²) in [7, 11) is -7.00. The van der Waals surface area contributed by atoms with Crippen molar-refractivity contribution < 1.29 is 33.1 Å². The average molecular weight is 249 g/mol. The summed E-state index contributed by atoms with van der Waals surface area (Å²) in [5, 5.41) is 8.54. The number of nitrogens with zero attached hydrogens (tertiary/aromatic N) is 1. The van der Waals surface area contributed by atoms with Crippen LogP contribution in [0.5, 0.6) is 0 Å². The van der Waals surface area contributed by atoms with Crippen molar-refractivity contribution in [1.29, 1.82) is 0 Å². The fourth-order valence-corrected chi connectivity index (χ4v) is 3.32. The third-order valence-electron chi connectivity index (χ3n) is 1.36. The highest BCUT2D eigenvalue weighted by Crippen LogP contribution is 2.62. The Morgan fingerprint density at radius 1 is 1.14 bits per heavy atom. The van der Waals surface area contributed by atoms with Gasteiger partial charge >= 0.3 is 15.5 Å². The lowest BCUT2D eigenvalue weighted by Crippen LogP contribution is -2.22. The SMILES string of the molecule is COP(=O)(O)N(CCO)P(=O)(O)OC. The van der Waals surface area contributed by atoms with Gasteiger partial charge in [0.15, 0.2) is 0 Å². The Labute approximate surface area is 81.2 Å². The van der Waals surface area contributed by atoms with Gasteiger partial charge in [-0.1, -0.05) is 0 Å². The highest BCUT2D eigenvalue weighted by atomic mass is 31.3. The molecule has 0 aromatic heterocycles. The lowest BCUT2D eigenvalue weighted by Gasteiger charge is -2.26. The van der Waals surface area contributed by atoms with Crippen LogP contribution in [0.3, 0.4) is 0 Å². The Balaban J connectivity index is 4.96. The maximum atomic E-state index is 11.2. The van der Waals surface area contributed by atoms with Crippen LogP contribution in [0.15, 0.2) is 0 Å². The Morgan fingerprint density at radius 2 is 1.50 bits per heavy atom. The molecule has 0 amide bonds. The average Bonchev–Trinajstić information content (AvgIpc) is 2.13. The zero-order valence-corrected chi connectivity index (χ0v) is 9.52. The maximum absolute atomic E-state index is 11.2. The van der Waals surface area contributed by atoms with Gasteiger partial charge in [0.25, 0.3) is 0 Å². The van der Waals surface area contributed by atoms with Gasteiger partial charge in [0.05, 0.1) is 6.61 Å². The fraction of sp³-hybridized carbons (Fsp3) is 1.00. The smallest absolute Gasteiger partial charge is 0.395 e. The van der Waals surface area contributed by atoms with Gasteiger partial charge in [-0.3, -0.25) is 9.05 Å². The summed E-state index contributed by atoms with van der Waals surface area (Å²) in [6.07, 6.45) is 0. The van der Waals surface area contributed by atoms with Crippen molar-refractivity contribution in [2.45, 2.75) is 0 Å². The molecule has 0 fully saturated rings. The van der Waals surface area contributed by atoms with E-state index in [1.807, 2.05) is 0 Å². The molecular formula is C4H13NO7P2. The maximum Gasteiger partial charge on any atom is 0.414 e. The molecule has 0 aliphatic carbocycles. The molecule has 0 aromatic rings. The summed E-state index contributed by atoms with van der Waals surface area (Å²) in [4.78, 5) is 18.2. The van der Waals surface area contributed by atoms with E-state index in [2.05, 4.69) is 9.05 Å². The van der Waals surface area contributed by atoms with Crippen molar-refractivity contribution in [3.8, 4) is 0 Å². The molecule has 0 bridgehead atoms. The molecule has 3 N–H and O–H groups in total. The molecule has 0 saturated carbocycles. The minimum Gasteiger partial charge on any atom is -0.395 e. The standard InChI is InChI=1S/C4H13NO7P2/c1-11-13(7,8)5(3-4-6)14(9,10)12-2/h6H,3-4H2,1-2H3,(H,7,8)(H,9,10). The van der Waals surface area contributed by atoms with Crippen LogP contribution in [0, 0.1) is 0 Å². The molecule has 2 unspecified atom stereocenters. The summed E-state index contributed by atoms with van der Waals surface area (Å²) in [6.45, 7) is -1.09. The fourth-order valence-electron chi connectivity index (χ4n) is 0.674. The molecule has 2 atom stereocenters. The van der Waals surface area contributed by atoms with E-state index >= 15 is 0 Å².